The number of nitrogens with zero attached hydrogens (tertiary/aromatic N) is 4. The first-order chi connectivity index (χ1) is 13.0. The van der Waals surface area contributed by atoms with E-state index in [2.05, 4.69) is 22.1 Å². The Morgan fingerprint density at radius 3 is 2.37 bits per heavy atom. The molecule has 6 nitrogen and oxygen atoms in total. The van der Waals surface area contributed by atoms with E-state index < -0.39 is 0 Å². The molecule has 0 spiro atoms. The Morgan fingerprint density at radius 2 is 1.74 bits per heavy atom. The second kappa shape index (κ2) is 7.44. The molecule has 0 saturated carbocycles. The molecule has 2 fully saturated rings. The first-order valence-corrected chi connectivity index (χ1v) is 9.76. The fourth-order valence-corrected chi connectivity index (χ4v) is 4.25. The van der Waals surface area contributed by atoms with Crippen LogP contribution in [-0.4, -0.2) is 57.6 Å². The number of ketones is 1. The highest BCUT2D eigenvalue weighted by molar-refractivity contribution is 6.30. The summed E-state index contributed by atoms with van der Waals surface area (Å²) in [6.45, 7) is 6.20. The molecule has 2 aromatic rings. The van der Waals surface area contributed by atoms with E-state index in [1.165, 1.54) is 10.2 Å². The number of carbonyl (C=O) groups excluding carboxylic acids is 2. The largest absolute Gasteiger partial charge is 0.344 e. The summed E-state index contributed by atoms with van der Waals surface area (Å²) in [7, 11) is 0. The van der Waals surface area contributed by atoms with Crippen molar-refractivity contribution in [3.63, 3.8) is 0 Å². The molecule has 142 valence electrons. The second-order valence-electron chi connectivity index (χ2n) is 7.45. The summed E-state index contributed by atoms with van der Waals surface area (Å²) < 4.78 is 1.30. The van der Waals surface area contributed by atoms with Gasteiger partial charge >= 0.3 is 6.03 Å². The smallest absolute Gasteiger partial charge is 0.322 e. The van der Waals surface area contributed by atoms with E-state index in [-0.39, 0.29) is 11.8 Å². The minimum absolute atomic E-state index is 0.0438. The Hall–Kier alpha value is -2.18. The number of carbonyl (C=O) groups is 2. The van der Waals surface area contributed by atoms with Gasteiger partial charge in [-0.05, 0) is 35.6 Å². The van der Waals surface area contributed by atoms with Gasteiger partial charge < -0.3 is 4.90 Å². The van der Waals surface area contributed by atoms with Crippen LogP contribution >= 0.6 is 11.6 Å². The van der Waals surface area contributed by atoms with E-state index in [1.54, 1.807) is 19.2 Å². The minimum Gasteiger partial charge on any atom is -0.322 e. The van der Waals surface area contributed by atoms with Crippen LogP contribution < -0.4 is 0 Å². The monoisotopic (exact) mass is 386 g/mol. The minimum atomic E-state index is -0.135. The van der Waals surface area contributed by atoms with Crippen molar-refractivity contribution in [2.45, 2.75) is 19.9 Å². The van der Waals surface area contributed by atoms with Gasteiger partial charge in [0.05, 0.1) is 0 Å². The molecule has 2 aliphatic rings. The number of likely N-dealkylation sites (tertiary alicyclic amines) is 2. The third kappa shape index (κ3) is 3.77. The van der Waals surface area contributed by atoms with Gasteiger partial charge in [-0.3, -0.25) is 9.69 Å². The van der Waals surface area contributed by atoms with Crippen molar-refractivity contribution >= 4 is 23.4 Å². The van der Waals surface area contributed by atoms with Gasteiger partial charge in [0, 0.05) is 50.4 Å². The van der Waals surface area contributed by atoms with E-state index in [0.717, 1.165) is 37.7 Å². The van der Waals surface area contributed by atoms with Crippen molar-refractivity contribution in [1.29, 1.82) is 0 Å². The van der Waals surface area contributed by atoms with E-state index in [4.69, 9.17) is 11.6 Å². The number of halogens is 1. The van der Waals surface area contributed by atoms with Gasteiger partial charge in [0.2, 0.25) is 0 Å². The molecule has 2 aliphatic heterocycles. The van der Waals surface area contributed by atoms with Crippen molar-refractivity contribution in [2.24, 2.45) is 11.8 Å². The number of Topliss-reactive ketones (excluding diaryl/α,β-unsaturated/α-hetero) is 1. The van der Waals surface area contributed by atoms with Crippen LogP contribution in [-0.2, 0) is 6.54 Å². The van der Waals surface area contributed by atoms with Crippen LogP contribution in [0.25, 0.3) is 0 Å². The van der Waals surface area contributed by atoms with Crippen molar-refractivity contribution in [3.05, 3.63) is 52.8 Å². The Bertz CT molecular complexity index is 834. The third-order valence-corrected chi connectivity index (χ3v) is 5.80. The van der Waals surface area contributed by atoms with Crippen molar-refractivity contribution in [3.8, 4) is 0 Å². The normalized spacial score (nSPS) is 22.2. The fraction of sp³-hybridized carbons (Fsp3) is 0.450. The van der Waals surface area contributed by atoms with Gasteiger partial charge in [0.1, 0.15) is 5.69 Å². The summed E-state index contributed by atoms with van der Waals surface area (Å²) >= 11 is 5.95. The first kappa shape index (κ1) is 18.2. The molecule has 2 unspecified atom stereocenters. The number of aromatic nitrogens is 2. The Morgan fingerprint density at radius 1 is 1.07 bits per heavy atom. The summed E-state index contributed by atoms with van der Waals surface area (Å²) in [6, 6.07) is 9.47. The lowest BCUT2D eigenvalue weighted by Crippen LogP contribution is -2.36. The number of benzene rings is 1. The summed E-state index contributed by atoms with van der Waals surface area (Å²) in [6.07, 6.45) is 1.98. The van der Waals surface area contributed by atoms with Crippen LogP contribution in [0.2, 0.25) is 5.02 Å². The Balaban J connectivity index is 1.34. The van der Waals surface area contributed by atoms with Gasteiger partial charge in [-0.25, -0.2) is 4.79 Å². The molecular weight excluding hydrogens is 364 g/mol. The highest BCUT2D eigenvalue weighted by atomic mass is 35.5. The molecule has 1 aromatic heterocycles. The third-order valence-electron chi connectivity index (χ3n) is 5.54. The van der Waals surface area contributed by atoms with E-state index >= 15 is 0 Å². The van der Waals surface area contributed by atoms with Crippen LogP contribution in [0, 0.1) is 11.8 Å². The van der Waals surface area contributed by atoms with E-state index in [1.807, 2.05) is 17.0 Å². The topological polar surface area (TPSA) is 58.4 Å². The predicted molar refractivity (Wildman–Crippen MR) is 103 cm³/mol. The standard InChI is InChI=1S/C20H23ClN4O2/c1-2-19(26)18-7-8-25(22-18)20(27)24-12-15-10-23(11-16(15)13-24)9-14-3-5-17(21)6-4-14/h3-8,15-16H,2,9-13H2,1H3. The molecule has 0 N–H and O–H groups in total. The van der Waals surface area contributed by atoms with Gasteiger partial charge in [0.15, 0.2) is 5.78 Å². The van der Waals surface area contributed by atoms with Crippen LogP contribution in [0.4, 0.5) is 4.79 Å². The van der Waals surface area contributed by atoms with Crippen LogP contribution in [0.3, 0.4) is 0 Å². The lowest BCUT2D eigenvalue weighted by Gasteiger charge is -2.21. The molecule has 3 heterocycles. The zero-order valence-electron chi connectivity index (χ0n) is 15.3. The maximum Gasteiger partial charge on any atom is 0.344 e. The average molecular weight is 387 g/mol. The van der Waals surface area contributed by atoms with Gasteiger partial charge in [-0.1, -0.05) is 30.7 Å². The van der Waals surface area contributed by atoms with Crippen molar-refractivity contribution in [1.82, 2.24) is 19.6 Å². The van der Waals surface area contributed by atoms with Crippen LogP contribution in [0.1, 0.15) is 29.4 Å². The molecule has 2 atom stereocenters. The zero-order valence-corrected chi connectivity index (χ0v) is 16.1. The molecule has 1 amide bonds. The Kier molecular flexibility index (Phi) is 5.02. The molecule has 4 rings (SSSR count). The summed E-state index contributed by atoms with van der Waals surface area (Å²) in [5.41, 5.74) is 1.62. The number of hydrogen-bond donors (Lipinski definition) is 0. The summed E-state index contributed by atoms with van der Waals surface area (Å²) in [4.78, 5) is 28.7. The number of amides is 1. The average Bonchev–Trinajstić information content (AvgIpc) is 3.37. The fourth-order valence-electron chi connectivity index (χ4n) is 4.13. The molecule has 1 aromatic carbocycles. The molecule has 7 heteroatoms. The summed E-state index contributed by atoms with van der Waals surface area (Å²) in [5.74, 6) is 0.944. The SMILES string of the molecule is CCC(=O)c1ccn(C(=O)N2CC3CN(Cc4ccc(Cl)cc4)CC3C2)n1. The van der Waals surface area contributed by atoms with Gasteiger partial charge in [-0.15, -0.1) is 0 Å². The molecule has 0 aliphatic carbocycles. The van der Waals surface area contributed by atoms with E-state index in [9.17, 15) is 9.59 Å². The molecule has 0 bridgehead atoms. The van der Waals surface area contributed by atoms with Gasteiger partial charge in [-0.2, -0.15) is 9.78 Å². The number of fused-ring (bicyclic) bond motifs is 1. The molecule has 27 heavy (non-hydrogen) atoms. The molecular formula is C20H23ClN4O2. The van der Waals surface area contributed by atoms with Crippen molar-refractivity contribution < 1.29 is 9.59 Å². The number of rotatable bonds is 4. The maximum absolute atomic E-state index is 12.7. The first-order valence-electron chi connectivity index (χ1n) is 9.38. The maximum atomic E-state index is 12.7. The highest BCUT2D eigenvalue weighted by Crippen LogP contribution is 2.32. The van der Waals surface area contributed by atoms with Crippen LogP contribution in [0.5, 0.6) is 0 Å². The van der Waals surface area contributed by atoms with E-state index in [0.29, 0.717) is 24.0 Å². The molecule has 0 radical (unpaired) electrons. The lowest BCUT2D eigenvalue weighted by atomic mass is 10.0. The summed E-state index contributed by atoms with van der Waals surface area (Å²) in [5, 5.41) is 4.91. The quantitative estimate of drug-likeness (QED) is 0.757. The lowest BCUT2D eigenvalue weighted by molar-refractivity contribution is 0.0983. The van der Waals surface area contributed by atoms with Crippen molar-refractivity contribution in [2.75, 3.05) is 26.2 Å². The van der Waals surface area contributed by atoms with Crippen LogP contribution in [0.15, 0.2) is 36.5 Å². The molecule has 2 saturated heterocycles. The predicted octanol–water partition coefficient (Wildman–Crippen LogP) is 3.16. The zero-order chi connectivity index (χ0) is 19.0. The highest BCUT2D eigenvalue weighted by Gasteiger charge is 2.41. The second-order valence-corrected chi connectivity index (χ2v) is 7.89. The number of hydrogen-bond acceptors (Lipinski definition) is 4. The van der Waals surface area contributed by atoms with Gasteiger partial charge in [0.25, 0.3) is 0 Å². The Labute approximate surface area is 163 Å².